The van der Waals surface area contributed by atoms with E-state index in [9.17, 15) is 4.79 Å². The second kappa shape index (κ2) is 8.52. The molecular weight excluding hydrogens is 360 g/mol. The molecule has 0 saturated heterocycles. The molecule has 2 amide bonds. The van der Waals surface area contributed by atoms with Gasteiger partial charge in [-0.1, -0.05) is 24.3 Å². The quantitative estimate of drug-likeness (QED) is 0.512. The van der Waals surface area contributed by atoms with Crippen molar-refractivity contribution in [2.45, 2.75) is 13.3 Å². The summed E-state index contributed by atoms with van der Waals surface area (Å²) >= 11 is 0. The molecule has 29 heavy (non-hydrogen) atoms. The molecule has 2 aromatic heterocycles. The molecule has 0 bridgehead atoms. The van der Waals surface area contributed by atoms with Gasteiger partial charge in [0.15, 0.2) is 0 Å². The summed E-state index contributed by atoms with van der Waals surface area (Å²) in [6.45, 7) is 2.53. The van der Waals surface area contributed by atoms with Gasteiger partial charge in [-0.3, -0.25) is 9.97 Å². The summed E-state index contributed by atoms with van der Waals surface area (Å²) in [6, 6.07) is 21.8. The number of benzene rings is 2. The van der Waals surface area contributed by atoms with Crippen LogP contribution in [0.15, 0.2) is 79.1 Å². The number of nitrogens with one attached hydrogen (secondary N) is 2. The van der Waals surface area contributed by atoms with Gasteiger partial charge in [0.2, 0.25) is 0 Å². The average molecular weight is 382 g/mol. The fraction of sp³-hybridized carbons (Fsp3) is 0.125. The number of aromatic nitrogens is 2. The highest BCUT2D eigenvalue weighted by atomic mass is 16.2. The van der Waals surface area contributed by atoms with Crippen molar-refractivity contribution in [1.82, 2.24) is 15.3 Å². The van der Waals surface area contributed by atoms with E-state index in [1.54, 1.807) is 12.4 Å². The number of aryl methyl sites for hydroxylation is 1. The number of nitrogens with zero attached hydrogens (tertiary/aromatic N) is 2. The van der Waals surface area contributed by atoms with Gasteiger partial charge in [-0.25, -0.2) is 4.79 Å². The van der Waals surface area contributed by atoms with E-state index in [0.29, 0.717) is 6.54 Å². The summed E-state index contributed by atoms with van der Waals surface area (Å²) in [6.07, 6.45) is 4.35. The maximum atomic E-state index is 12.2. The van der Waals surface area contributed by atoms with Crippen LogP contribution in [0, 0.1) is 6.92 Å². The Balaban J connectivity index is 1.30. The van der Waals surface area contributed by atoms with Gasteiger partial charge in [-0.15, -0.1) is 0 Å². The van der Waals surface area contributed by atoms with Crippen LogP contribution in [0.5, 0.6) is 0 Å². The molecule has 0 aliphatic carbocycles. The van der Waals surface area contributed by atoms with E-state index in [2.05, 4.69) is 32.7 Å². The molecule has 0 spiro atoms. The summed E-state index contributed by atoms with van der Waals surface area (Å²) in [4.78, 5) is 20.7. The number of rotatable bonds is 5. The molecule has 5 nitrogen and oxygen atoms in total. The number of hydrogen-bond donors (Lipinski definition) is 2. The van der Waals surface area contributed by atoms with E-state index in [1.165, 1.54) is 5.56 Å². The first-order valence-electron chi connectivity index (χ1n) is 9.59. The summed E-state index contributed by atoms with van der Waals surface area (Å²) < 4.78 is 0. The van der Waals surface area contributed by atoms with E-state index in [-0.39, 0.29) is 6.03 Å². The fourth-order valence-electron chi connectivity index (χ4n) is 3.25. The molecule has 144 valence electrons. The van der Waals surface area contributed by atoms with Gasteiger partial charge in [0.05, 0.1) is 5.52 Å². The zero-order valence-electron chi connectivity index (χ0n) is 16.2. The Labute approximate surface area is 169 Å². The predicted molar refractivity (Wildman–Crippen MR) is 117 cm³/mol. The molecule has 0 aliphatic rings. The normalized spacial score (nSPS) is 10.7. The Kier molecular flexibility index (Phi) is 5.47. The van der Waals surface area contributed by atoms with Crippen LogP contribution in [-0.2, 0) is 6.42 Å². The molecule has 0 saturated carbocycles. The van der Waals surface area contributed by atoms with Crippen LogP contribution in [0.2, 0.25) is 0 Å². The molecule has 0 radical (unpaired) electrons. The predicted octanol–water partition coefficient (Wildman–Crippen LogP) is 4.97. The van der Waals surface area contributed by atoms with Crippen LogP contribution in [-0.4, -0.2) is 22.5 Å². The van der Waals surface area contributed by atoms with Gasteiger partial charge in [0.25, 0.3) is 0 Å². The van der Waals surface area contributed by atoms with Crippen molar-refractivity contribution in [1.29, 1.82) is 0 Å². The topological polar surface area (TPSA) is 66.9 Å². The van der Waals surface area contributed by atoms with E-state index in [4.69, 9.17) is 0 Å². The Bertz CT molecular complexity index is 1140. The molecule has 4 rings (SSSR count). The highest BCUT2D eigenvalue weighted by Gasteiger charge is 2.04. The molecule has 2 aromatic carbocycles. The first kappa shape index (κ1) is 18.6. The zero-order valence-corrected chi connectivity index (χ0v) is 16.2. The monoisotopic (exact) mass is 382 g/mol. The number of fused-ring (bicyclic) bond motifs is 1. The molecule has 0 aliphatic heterocycles. The number of amides is 2. The van der Waals surface area contributed by atoms with Gasteiger partial charge < -0.3 is 10.6 Å². The third-order valence-electron chi connectivity index (χ3n) is 4.74. The van der Waals surface area contributed by atoms with Gasteiger partial charge in [-0.2, -0.15) is 0 Å². The summed E-state index contributed by atoms with van der Waals surface area (Å²) in [5.41, 5.74) is 6.09. The molecule has 2 N–H and O–H groups in total. The Morgan fingerprint density at radius 1 is 0.897 bits per heavy atom. The second-order valence-corrected chi connectivity index (χ2v) is 6.92. The largest absolute Gasteiger partial charge is 0.338 e. The van der Waals surface area contributed by atoms with Gasteiger partial charge in [0, 0.05) is 35.7 Å². The van der Waals surface area contributed by atoms with E-state index in [0.717, 1.165) is 39.8 Å². The van der Waals surface area contributed by atoms with Crippen LogP contribution in [0.3, 0.4) is 0 Å². The third kappa shape index (κ3) is 4.76. The van der Waals surface area contributed by atoms with Gasteiger partial charge in [0.1, 0.15) is 0 Å². The smallest absolute Gasteiger partial charge is 0.319 e. The zero-order chi connectivity index (χ0) is 20.1. The second-order valence-electron chi connectivity index (χ2n) is 6.92. The first-order chi connectivity index (χ1) is 14.2. The number of pyridine rings is 2. The standard InChI is InChI=1S/C24H22N4O/c1-17-15-20(11-14-25-17)19-5-7-22(8-6-19)28-24(29)27-13-10-18-4-9-23-21(16-18)3-2-12-26-23/h2-9,11-12,14-16H,10,13H2,1H3,(H2,27,28,29). The fourth-order valence-corrected chi connectivity index (χ4v) is 3.25. The Hall–Kier alpha value is -3.73. The molecule has 5 heteroatoms. The maximum Gasteiger partial charge on any atom is 0.319 e. The van der Waals surface area contributed by atoms with E-state index < -0.39 is 0 Å². The average Bonchev–Trinajstić information content (AvgIpc) is 2.74. The Morgan fingerprint density at radius 2 is 1.76 bits per heavy atom. The highest BCUT2D eigenvalue weighted by molar-refractivity contribution is 5.89. The van der Waals surface area contributed by atoms with E-state index >= 15 is 0 Å². The maximum absolute atomic E-state index is 12.2. The SMILES string of the molecule is Cc1cc(-c2ccc(NC(=O)NCCc3ccc4ncccc4c3)cc2)ccn1. The third-order valence-corrected chi connectivity index (χ3v) is 4.74. The number of urea groups is 1. The minimum absolute atomic E-state index is 0.208. The lowest BCUT2D eigenvalue weighted by Crippen LogP contribution is -2.30. The lowest BCUT2D eigenvalue weighted by atomic mass is 10.1. The van der Waals surface area contributed by atoms with Crippen LogP contribution >= 0.6 is 0 Å². The lowest BCUT2D eigenvalue weighted by Gasteiger charge is -2.09. The summed E-state index contributed by atoms with van der Waals surface area (Å²) in [7, 11) is 0. The summed E-state index contributed by atoms with van der Waals surface area (Å²) in [5.74, 6) is 0. The van der Waals surface area contributed by atoms with Crippen LogP contribution < -0.4 is 10.6 Å². The van der Waals surface area contributed by atoms with Crippen LogP contribution in [0.1, 0.15) is 11.3 Å². The van der Waals surface area contributed by atoms with Crippen molar-refractivity contribution in [2.75, 3.05) is 11.9 Å². The molecule has 0 atom stereocenters. The molecule has 4 aromatic rings. The summed E-state index contributed by atoms with van der Waals surface area (Å²) in [5, 5.41) is 6.89. The molecule has 0 fully saturated rings. The first-order valence-corrected chi connectivity index (χ1v) is 9.59. The number of anilines is 1. The van der Waals surface area contributed by atoms with Crippen LogP contribution in [0.25, 0.3) is 22.0 Å². The van der Waals surface area contributed by atoms with Crippen LogP contribution in [0.4, 0.5) is 10.5 Å². The minimum atomic E-state index is -0.208. The number of carbonyl (C=O) groups is 1. The highest BCUT2D eigenvalue weighted by Crippen LogP contribution is 2.21. The molecule has 0 unspecified atom stereocenters. The van der Waals surface area contributed by atoms with Crippen molar-refractivity contribution in [3.63, 3.8) is 0 Å². The van der Waals surface area contributed by atoms with Gasteiger partial charge >= 0.3 is 6.03 Å². The number of carbonyl (C=O) groups excluding carboxylic acids is 1. The van der Waals surface area contributed by atoms with Crippen molar-refractivity contribution >= 4 is 22.6 Å². The Morgan fingerprint density at radius 3 is 2.59 bits per heavy atom. The van der Waals surface area contributed by atoms with Crippen molar-refractivity contribution in [3.05, 3.63) is 90.4 Å². The molecule has 2 heterocycles. The van der Waals surface area contributed by atoms with Crippen molar-refractivity contribution in [2.24, 2.45) is 0 Å². The molecular formula is C24H22N4O. The van der Waals surface area contributed by atoms with Gasteiger partial charge in [-0.05, 0) is 72.5 Å². The minimum Gasteiger partial charge on any atom is -0.338 e. The van der Waals surface area contributed by atoms with Crippen molar-refractivity contribution in [3.8, 4) is 11.1 Å². The van der Waals surface area contributed by atoms with Crippen molar-refractivity contribution < 1.29 is 4.79 Å². The van der Waals surface area contributed by atoms with E-state index in [1.807, 2.05) is 61.5 Å². The number of hydrogen-bond acceptors (Lipinski definition) is 3. The lowest BCUT2D eigenvalue weighted by molar-refractivity contribution is 0.252.